The molecule has 0 radical (unpaired) electrons. The first-order valence-electron chi connectivity index (χ1n) is 5.87. The van der Waals surface area contributed by atoms with Gasteiger partial charge in [0.25, 0.3) is 0 Å². The number of hydrogen-bond donors (Lipinski definition) is 2. The number of halogens is 1. The zero-order valence-corrected chi connectivity index (χ0v) is 11.1. The highest BCUT2D eigenvalue weighted by molar-refractivity contribution is 6.33. The van der Waals surface area contributed by atoms with Crippen molar-refractivity contribution in [2.24, 2.45) is 0 Å². The Morgan fingerprint density at radius 3 is 2.95 bits per heavy atom. The molecule has 0 aromatic carbocycles. The quantitative estimate of drug-likeness (QED) is 0.878. The third kappa shape index (κ3) is 3.14. The van der Waals surface area contributed by atoms with E-state index < -0.39 is 5.97 Å². The average molecular weight is 284 g/mol. The van der Waals surface area contributed by atoms with Crippen LogP contribution in [-0.4, -0.2) is 46.5 Å². The molecule has 0 saturated carbocycles. The Morgan fingerprint density at radius 1 is 1.58 bits per heavy atom. The minimum absolute atomic E-state index is 0.0676. The first-order valence-corrected chi connectivity index (χ1v) is 6.25. The summed E-state index contributed by atoms with van der Waals surface area (Å²) in [7, 11) is 1.74. The van der Waals surface area contributed by atoms with Gasteiger partial charge >= 0.3 is 5.97 Å². The Bertz CT molecular complexity index is 521. The maximum Gasteiger partial charge on any atom is 0.356 e. The molecule has 0 bridgehead atoms. The van der Waals surface area contributed by atoms with E-state index in [1.807, 2.05) is 0 Å². The molecule has 1 atom stereocenters. The molecule has 6 nitrogen and oxygen atoms in total. The van der Waals surface area contributed by atoms with Gasteiger partial charge in [-0.05, 0) is 18.6 Å². The lowest BCUT2D eigenvalue weighted by molar-refractivity contribution is -0.132. The molecular weight excluding hydrogens is 270 g/mol. The number of piperidine rings is 1. The monoisotopic (exact) mass is 283 g/mol. The van der Waals surface area contributed by atoms with Crippen LogP contribution in [0.3, 0.4) is 0 Å². The van der Waals surface area contributed by atoms with Crippen molar-refractivity contribution < 1.29 is 14.7 Å². The molecule has 7 heteroatoms. The Hall–Kier alpha value is -1.82. The molecule has 102 valence electrons. The lowest BCUT2D eigenvalue weighted by atomic mass is 10.1. The largest absolute Gasteiger partial charge is 0.476 e. The van der Waals surface area contributed by atoms with Crippen LogP contribution >= 0.6 is 11.6 Å². The molecule has 1 fully saturated rings. The number of hydrogen-bond acceptors (Lipinski definition) is 4. The van der Waals surface area contributed by atoms with Gasteiger partial charge in [0.1, 0.15) is 5.82 Å². The molecule has 2 rings (SSSR count). The molecule has 0 aliphatic carbocycles. The molecule has 19 heavy (non-hydrogen) atoms. The average Bonchev–Trinajstić information content (AvgIpc) is 2.36. The number of amides is 1. The van der Waals surface area contributed by atoms with Gasteiger partial charge in [0.2, 0.25) is 5.91 Å². The van der Waals surface area contributed by atoms with E-state index in [0.717, 1.165) is 0 Å². The second-order valence-electron chi connectivity index (χ2n) is 4.49. The van der Waals surface area contributed by atoms with Gasteiger partial charge in [-0.15, -0.1) is 0 Å². The van der Waals surface area contributed by atoms with Gasteiger partial charge in [-0.3, -0.25) is 4.79 Å². The number of nitrogens with one attached hydrogen (secondary N) is 1. The molecule has 2 heterocycles. The fraction of sp³-hybridized carbons (Fsp3) is 0.417. The van der Waals surface area contributed by atoms with E-state index in [0.29, 0.717) is 25.2 Å². The SMILES string of the molecule is CN1CC(Nc2ccc(Cl)c(C(=O)O)n2)CCC1=O. The van der Waals surface area contributed by atoms with Crippen LogP contribution in [0.15, 0.2) is 12.1 Å². The fourth-order valence-corrected chi connectivity index (χ4v) is 2.20. The number of carbonyl (C=O) groups is 2. The first-order chi connectivity index (χ1) is 8.97. The Labute approximate surface area is 115 Å². The smallest absolute Gasteiger partial charge is 0.356 e. The molecule has 1 unspecified atom stereocenters. The van der Waals surface area contributed by atoms with Crippen LogP contribution in [-0.2, 0) is 4.79 Å². The second-order valence-corrected chi connectivity index (χ2v) is 4.89. The van der Waals surface area contributed by atoms with Crippen LogP contribution in [0.4, 0.5) is 5.82 Å². The number of carbonyl (C=O) groups excluding carboxylic acids is 1. The molecule has 1 aromatic rings. The molecule has 2 N–H and O–H groups in total. The first kappa shape index (κ1) is 13.6. The second kappa shape index (κ2) is 5.44. The van der Waals surface area contributed by atoms with E-state index in [-0.39, 0.29) is 22.7 Å². The topological polar surface area (TPSA) is 82.5 Å². The Kier molecular flexibility index (Phi) is 3.90. The summed E-state index contributed by atoms with van der Waals surface area (Å²) in [5.41, 5.74) is -0.174. The molecular formula is C12H14ClN3O3. The normalized spacial score (nSPS) is 19.4. The zero-order valence-electron chi connectivity index (χ0n) is 10.4. The van der Waals surface area contributed by atoms with Crippen LogP contribution in [0.25, 0.3) is 0 Å². The maximum absolute atomic E-state index is 11.4. The zero-order chi connectivity index (χ0) is 14.0. The number of carboxylic acids is 1. The highest BCUT2D eigenvalue weighted by Gasteiger charge is 2.23. The van der Waals surface area contributed by atoms with Crippen molar-refractivity contribution in [1.82, 2.24) is 9.88 Å². The van der Waals surface area contributed by atoms with E-state index in [2.05, 4.69) is 10.3 Å². The molecule has 1 aliphatic rings. The summed E-state index contributed by atoms with van der Waals surface area (Å²) in [6, 6.07) is 3.20. The summed E-state index contributed by atoms with van der Waals surface area (Å²) >= 11 is 5.75. The van der Waals surface area contributed by atoms with E-state index in [4.69, 9.17) is 16.7 Å². The number of anilines is 1. The summed E-state index contributed by atoms with van der Waals surface area (Å²) in [4.78, 5) is 27.9. The van der Waals surface area contributed by atoms with Gasteiger partial charge in [0.15, 0.2) is 5.69 Å². The van der Waals surface area contributed by atoms with Crippen molar-refractivity contribution in [3.8, 4) is 0 Å². The van der Waals surface area contributed by atoms with Crippen molar-refractivity contribution >= 4 is 29.3 Å². The van der Waals surface area contributed by atoms with Crippen molar-refractivity contribution in [3.05, 3.63) is 22.8 Å². The fourth-order valence-electron chi connectivity index (χ4n) is 2.01. The van der Waals surface area contributed by atoms with Gasteiger partial charge in [-0.2, -0.15) is 0 Å². The van der Waals surface area contributed by atoms with Gasteiger partial charge in [0.05, 0.1) is 5.02 Å². The number of likely N-dealkylation sites (tertiary alicyclic amines) is 1. The van der Waals surface area contributed by atoms with E-state index >= 15 is 0 Å². The summed E-state index contributed by atoms with van der Waals surface area (Å²) in [5, 5.41) is 12.2. The van der Waals surface area contributed by atoms with E-state index in [1.54, 1.807) is 18.0 Å². The lowest BCUT2D eigenvalue weighted by Crippen LogP contribution is -2.43. The summed E-state index contributed by atoms with van der Waals surface area (Å²) < 4.78 is 0. The van der Waals surface area contributed by atoms with Crippen molar-refractivity contribution in [3.63, 3.8) is 0 Å². The van der Waals surface area contributed by atoms with Crippen molar-refractivity contribution in [2.45, 2.75) is 18.9 Å². The van der Waals surface area contributed by atoms with Crippen LogP contribution in [0.2, 0.25) is 5.02 Å². The molecule has 0 spiro atoms. The number of likely N-dealkylation sites (N-methyl/N-ethyl adjacent to an activating group) is 1. The number of nitrogens with zero attached hydrogens (tertiary/aromatic N) is 2. The summed E-state index contributed by atoms with van der Waals surface area (Å²) in [6.07, 6.45) is 1.18. The van der Waals surface area contributed by atoms with E-state index in [1.165, 1.54) is 6.07 Å². The minimum atomic E-state index is -1.16. The number of pyridine rings is 1. The molecule has 1 aliphatic heterocycles. The third-order valence-corrected chi connectivity index (χ3v) is 3.33. The Morgan fingerprint density at radius 2 is 2.32 bits per heavy atom. The van der Waals surface area contributed by atoms with Gasteiger partial charge < -0.3 is 15.3 Å². The summed E-state index contributed by atoms with van der Waals surface area (Å²) in [6.45, 7) is 0.575. The highest BCUT2D eigenvalue weighted by Crippen LogP contribution is 2.19. The standard InChI is InChI=1S/C12H14ClN3O3/c1-16-6-7(2-5-10(16)17)14-9-4-3-8(13)11(15-9)12(18)19/h3-4,7H,2,5-6H2,1H3,(H,14,15)(H,18,19). The van der Waals surface area contributed by atoms with Gasteiger partial charge in [0, 0.05) is 26.1 Å². The summed E-state index contributed by atoms with van der Waals surface area (Å²) in [5.74, 6) is -0.590. The molecule has 1 amide bonds. The number of aromatic carboxylic acids is 1. The minimum Gasteiger partial charge on any atom is -0.476 e. The van der Waals surface area contributed by atoms with Gasteiger partial charge in [-0.25, -0.2) is 9.78 Å². The Balaban J connectivity index is 2.09. The number of carboxylic acid groups (broad SMARTS) is 1. The predicted octanol–water partition coefficient (Wildman–Crippen LogP) is 1.47. The number of aromatic nitrogens is 1. The number of rotatable bonds is 3. The maximum atomic E-state index is 11.4. The van der Waals surface area contributed by atoms with Gasteiger partial charge in [-0.1, -0.05) is 11.6 Å². The third-order valence-electron chi connectivity index (χ3n) is 3.03. The van der Waals surface area contributed by atoms with Crippen LogP contribution in [0.5, 0.6) is 0 Å². The van der Waals surface area contributed by atoms with Crippen molar-refractivity contribution in [1.29, 1.82) is 0 Å². The van der Waals surface area contributed by atoms with E-state index in [9.17, 15) is 9.59 Å². The van der Waals surface area contributed by atoms with Crippen molar-refractivity contribution in [2.75, 3.05) is 18.9 Å². The van der Waals surface area contributed by atoms with Crippen LogP contribution < -0.4 is 5.32 Å². The lowest BCUT2D eigenvalue weighted by Gasteiger charge is -2.30. The van der Waals surface area contributed by atoms with Crippen LogP contribution in [0, 0.1) is 0 Å². The molecule has 1 aromatic heterocycles. The molecule has 1 saturated heterocycles. The predicted molar refractivity (Wildman–Crippen MR) is 70.5 cm³/mol. The highest BCUT2D eigenvalue weighted by atomic mass is 35.5. The van der Waals surface area contributed by atoms with Crippen LogP contribution in [0.1, 0.15) is 23.3 Å².